The zero-order valence-electron chi connectivity index (χ0n) is 9.28. The highest BCUT2D eigenvalue weighted by Crippen LogP contribution is 2.23. The Morgan fingerprint density at radius 2 is 2.00 bits per heavy atom. The van der Waals surface area contributed by atoms with Crippen LogP contribution in [0, 0.1) is 11.6 Å². The number of nitrogens with one attached hydrogen (secondary N) is 1. The van der Waals surface area contributed by atoms with Crippen molar-refractivity contribution in [1.29, 1.82) is 0 Å². The molecule has 1 unspecified atom stereocenters. The average Bonchev–Trinajstić information content (AvgIpc) is 2.77. The van der Waals surface area contributed by atoms with E-state index in [-0.39, 0.29) is 6.04 Å². The molecule has 0 radical (unpaired) electrons. The molecule has 0 amide bonds. The third kappa shape index (κ3) is 2.87. The molecule has 2 aromatic rings. The van der Waals surface area contributed by atoms with Crippen LogP contribution in [0.2, 0.25) is 0 Å². The number of halogens is 2. The maximum atomic E-state index is 13.2. The lowest BCUT2D eigenvalue weighted by atomic mass is 10.0. The van der Waals surface area contributed by atoms with Gasteiger partial charge in [-0.3, -0.25) is 0 Å². The van der Waals surface area contributed by atoms with E-state index < -0.39 is 11.6 Å². The van der Waals surface area contributed by atoms with E-state index in [0.717, 1.165) is 11.8 Å². The second-order valence-electron chi connectivity index (χ2n) is 3.61. The second kappa shape index (κ2) is 5.33. The smallest absolute Gasteiger partial charge is 0.126 e. The molecular formula is C12H12F2N2S. The number of thiazole rings is 1. The molecule has 0 aliphatic rings. The van der Waals surface area contributed by atoms with Crippen LogP contribution in [-0.2, 0) is 0 Å². The normalized spacial score (nSPS) is 12.6. The van der Waals surface area contributed by atoms with Crippen LogP contribution < -0.4 is 5.32 Å². The lowest BCUT2D eigenvalue weighted by Crippen LogP contribution is -2.22. The van der Waals surface area contributed by atoms with Gasteiger partial charge in [-0.05, 0) is 24.2 Å². The Labute approximate surface area is 102 Å². The topological polar surface area (TPSA) is 24.9 Å². The summed E-state index contributed by atoms with van der Waals surface area (Å²) in [5.41, 5.74) is 3.03. The minimum absolute atomic E-state index is 0.267. The molecule has 0 aliphatic heterocycles. The monoisotopic (exact) mass is 254 g/mol. The minimum atomic E-state index is -0.571. The predicted octanol–water partition coefficient (Wildman–Crippen LogP) is 3.12. The van der Waals surface area contributed by atoms with Gasteiger partial charge in [0.15, 0.2) is 0 Å². The van der Waals surface area contributed by atoms with Crippen LogP contribution in [0.3, 0.4) is 0 Å². The molecule has 0 saturated carbocycles. The van der Waals surface area contributed by atoms with Crippen molar-refractivity contribution in [2.24, 2.45) is 0 Å². The van der Waals surface area contributed by atoms with Gasteiger partial charge >= 0.3 is 0 Å². The van der Waals surface area contributed by atoms with Crippen molar-refractivity contribution in [3.05, 3.63) is 52.0 Å². The summed E-state index contributed by atoms with van der Waals surface area (Å²) in [6, 6.07) is 3.26. The number of hydrogen-bond acceptors (Lipinski definition) is 3. The van der Waals surface area contributed by atoms with Gasteiger partial charge in [0.2, 0.25) is 0 Å². The first-order valence-electron chi connectivity index (χ1n) is 5.28. The highest BCUT2D eigenvalue weighted by molar-refractivity contribution is 7.07. The fraction of sp³-hybridized carbons (Fsp3) is 0.250. The van der Waals surface area contributed by atoms with E-state index in [9.17, 15) is 8.78 Å². The third-order valence-corrected chi connectivity index (χ3v) is 2.98. The summed E-state index contributed by atoms with van der Waals surface area (Å²) in [5.74, 6) is -1.14. The van der Waals surface area contributed by atoms with Gasteiger partial charge in [0, 0.05) is 11.4 Å². The van der Waals surface area contributed by atoms with Crippen LogP contribution in [0.5, 0.6) is 0 Å². The van der Waals surface area contributed by atoms with E-state index in [1.807, 2.05) is 12.3 Å². The van der Waals surface area contributed by atoms with E-state index in [4.69, 9.17) is 0 Å². The van der Waals surface area contributed by atoms with Gasteiger partial charge in [0.05, 0.1) is 17.2 Å². The molecular weight excluding hydrogens is 242 g/mol. The SMILES string of the molecule is CCNC(c1cc(F)cc(F)c1)c1cscn1. The van der Waals surface area contributed by atoms with Crippen molar-refractivity contribution in [3.63, 3.8) is 0 Å². The summed E-state index contributed by atoms with van der Waals surface area (Å²) in [6.45, 7) is 2.63. The van der Waals surface area contributed by atoms with Gasteiger partial charge in [0.25, 0.3) is 0 Å². The number of aromatic nitrogens is 1. The molecule has 2 nitrogen and oxygen atoms in total. The molecule has 1 aromatic carbocycles. The number of rotatable bonds is 4. The standard InChI is InChI=1S/C12H12F2N2S/c1-2-15-12(11-6-17-7-16-11)8-3-9(13)5-10(14)4-8/h3-7,12,15H,2H2,1H3. The number of nitrogens with zero attached hydrogens (tertiary/aromatic N) is 1. The van der Waals surface area contributed by atoms with Gasteiger partial charge in [-0.1, -0.05) is 6.92 Å². The van der Waals surface area contributed by atoms with Gasteiger partial charge in [0.1, 0.15) is 11.6 Å². The molecule has 1 atom stereocenters. The Balaban J connectivity index is 2.38. The Morgan fingerprint density at radius 3 is 2.53 bits per heavy atom. The number of benzene rings is 1. The van der Waals surface area contributed by atoms with E-state index >= 15 is 0 Å². The van der Waals surface area contributed by atoms with Crippen molar-refractivity contribution in [2.75, 3.05) is 6.54 Å². The maximum absolute atomic E-state index is 13.2. The second-order valence-corrected chi connectivity index (χ2v) is 4.33. The first kappa shape index (κ1) is 12.1. The molecule has 0 aliphatic carbocycles. The summed E-state index contributed by atoms with van der Waals surface area (Å²) in [4.78, 5) is 4.18. The highest BCUT2D eigenvalue weighted by Gasteiger charge is 2.16. The van der Waals surface area contributed by atoms with Crippen molar-refractivity contribution in [2.45, 2.75) is 13.0 Å². The molecule has 1 N–H and O–H groups in total. The molecule has 1 heterocycles. The van der Waals surface area contributed by atoms with Crippen molar-refractivity contribution < 1.29 is 8.78 Å². The van der Waals surface area contributed by atoms with Gasteiger partial charge in [-0.15, -0.1) is 11.3 Å². The summed E-state index contributed by atoms with van der Waals surface area (Å²) in [5, 5.41) is 5.04. The van der Waals surface area contributed by atoms with Gasteiger partial charge < -0.3 is 5.32 Å². The van der Waals surface area contributed by atoms with Crippen LogP contribution in [0.4, 0.5) is 8.78 Å². The fourth-order valence-corrected chi connectivity index (χ4v) is 2.28. The summed E-state index contributed by atoms with van der Waals surface area (Å²) >= 11 is 1.46. The highest BCUT2D eigenvalue weighted by atomic mass is 32.1. The Morgan fingerprint density at radius 1 is 1.29 bits per heavy atom. The molecule has 17 heavy (non-hydrogen) atoms. The van der Waals surface area contributed by atoms with E-state index in [1.54, 1.807) is 5.51 Å². The third-order valence-electron chi connectivity index (χ3n) is 2.37. The maximum Gasteiger partial charge on any atom is 0.126 e. The molecule has 1 aromatic heterocycles. The average molecular weight is 254 g/mol. The molecule has 0 fully saturated rings. The first-order valence-corrected chi connectivity index (χ1v) is 6.22. The van der Waals surface area contributed by atoms with Crippen molar-refractivity contribution in [3.8, 4) is 0 Å². The first-order chi connectivity index (χ1) is 8.20. The van der Waals surface area contributed by atoms with Crippen LogP contribution in [0.1, 0.15) is 24.2 Å². The summed E-state index contributed by atoms with van der Waals surface area (Å²) < 4.78 is 26.4. The minimum Gasteiger partial charge on any atom is -0.305 e. The number of hydrogen-bond donors (Lipinski definition) is 1. The molecule has 0 bridgehead atoms. The predicted molar refractivity (Wildman–Crippen MR) is 64.0 cm³/mol. The van der Waals surface area contributed by atoms with E-state index in [2.05, 4.69) is 10.3 Å². The lowest BCUT2D eigenvalue weighted by Gasteiger charge is -2.16. The van der Waals surface area contributed by atoms with E-state index in [0.29, 0.717) is 12.1 Å². The quantitative estimate of drug-likeness (QED) is 0.906. The molecule has 90 valence electrons. The Kier molecular flexibility index (Phi) is 3.81. The van der Waals surface area contributed by atoms with Gasteiger partial charge in [-0.2, -0.15) is 0 Å². The van der Waals surface area contributed by atoms with Crippen molar-refractivity contribution in [1.82, 2.24) is 10.3 Å². The fourth-order valence-electron chi connectivity index (χ4n) is 1.70. The van der Waals surface area contributed by atoms with Crippen LogP contribution in [-0.4, -0.2) is 11.5 Å². The van der Waals surface area contributed by atoms with Crippen LogP contribution in [0.25, 0.3) is 0 Å². The summed E-state index contributed by atoms with van der Waals surface area (Å²) in [7, 11) is 0. The zero-order valence-corrected chi connectivity index (χ0v) is 10.1. The van der Waals surface area contributed by atoms with Crippen LogP contribution in [0.15, 0.2) is 29.1 Å². The van der Waals surface area contributed by atoms with E-state index in [1.165, 1.54) is 23.5 Å². The van der Waals surface area contributed by atoms with Gasteiger partial charge in [-0.25, -0.2) is 13.8 Å². The van der Waals surface area contributed by atoms with Crippen molar-refractivity contribution >= 4 is 11.3 Å². The molecule has 2 rings (SSSR count). The molecule has 0 spiro atoms. The Bertz CT molecular complexity index is 465. The largest absolute Gasteiger partial charge is 0.305 e. The molecule has 0 saturated heterocycles. The summed E-state index contributed by atoms with van der Waals surface area (Å²) in [6.07, 6.45) is 0. The lowest BCUT2D eigenvalue weighted by molar-refractivity contribution is 0.562. The zero-order chi connectivity index (χ0) is 12.3. The molecule has 5 heteroatoms. The Hall–Kier alpha value is -1.33. The van der Waals surface area contributed by atoms with Crippen LogP contribution >= 0.6 is 11.3 Å².